The number of primary amides is 1. The van der Waals surface area contributed by atoms with Crippen LogP contribution in [0.2, 0.25) is 0 Å². The van der Waals surface area contributed by atoms with E-state index in [1.165, 1.54) is 0 Å². The summed E-state index contributed by atoms with van der Waals surface area (Å²) >= 11 is 0. The minimum atomic E-state index is -4.11. The van der Waals surface area contributed by atoms with Gasteiger partial charge in [0, 0.05) is 49.7 Å². The lowest BCUT2D eigenvalue weighted by Crippen LogP contribution is -2.38. The Hall–Kier alpha value is -3.23. The van der Waals surface area contributed by atoms with E-state index in [0.29, 0.717) is 26.2 Å². The van der Waals surface area contributed by atoms with Crippen molar-refractivity contribution in [3.05, 3.63) is 53.1 Å². The van der Waals surface area contributed by atoms with Crippen LogP contribution in [0.15, 0.2) is 36.4 Å². The Morgan fingerprint density at radius 1 is 1.09 bits per heavy atom. The van der Waals surface area contributed by atoms with Gasteiger partial charge in [-0.1, -0.05) is 6.07 Å². The van der Waals surface area contributed by atoms with Gasteiger partial charge < -0.3 is 20.9 Å². The predicted octanol–water partition coefficient (Wildman–Crippen LogP) is 4.66. The van der Waals surface area contributed by atoms with E-state index in [4.69, 9.17) is 5.73 Å². The first-order chi connectivity index (χ1) is 16.5. The summed E-state index contributed by atoms with van der Waals surface area (Å²) in [5, 5.41) is 3.41. The number of rotatable bonds is 6. The average Bonchev–Trinajstić information content (AvgIpc) is 3.18. The Balaban J connectivity index is 1.39. The van der Waals surface area contributed by atoms with Crippen molar-refractivity contribution >= 4 is 28.9 Å². The van der Waals surface area contributed by atoms with Crippen LogP contribution in [-0.4, -0.2) is 42.5 Å². The number of alkyl halides is 3. The first-order valence-corrected chi connectivity index (χ1v) is 11.9. The molecule has 2 aromatic rings. The fraction of sp³-hybridized carbons (Fsp3) is 0.462. The maximum absolute atomic E-state index is 12.9. The molecule has 2 aliphatic heterocycles. The van der Waals surface area contributed by atoms with Gasteiger partial charge in [-0.2, -0.15) is 13.2 Å². The van der Waals surface area contributed by atoms with Crippen molar-refractivity contribution in [3.8, 4) is 0 Å². The minimum absolute atomic E-state index is 0.0595. The molecule has 2 fully saturated rings. The van der Waals surface area contributed by atoms with Gasteiger partial charge in [-0.3, -0.25) is 9.59 Å². The number of halogens is 3. The molecule has 0 bridgehead atoms. The quantitative estimate of drug-likeness (QED) is 0.620. The highest BCUT2D eigenvalue weighted by Crippen LogP contribution is 2.36. The van der Waals surface area contributed by atoms with Crippen LogP contribution in [0.25, 0.3) is 0 Å². The summed E-state index contributed by atoms with van der Waals surface area (Å²) in [5.41, 5.74) is 11.2. The van der Waals surface area contributed by atoms with E-state index in [1.54, 1.807) is 4.90 Å². The molecule has 0 radical (unpaired) electrons. The predicted molar refractivity (Wildman–Crippen MR) is 129 cm³/mol. The number of carbonyl (C=O) groups is 2. The van der Waals surface area contributed by atoms with Gasteiger partial charge >= 0.3 is 6.18 Å². The molecule has 2 amide bonds. The normalized spacial score (nSPS) is 19.3. The van der Waals surface area contributed by atoms with Crippen LogP contribution in [0.1, 0.15) is 36.0 Å². The Kier molecular flexibility index (Phi) is 6.96. The zero-order valence-corrected chi connectivity index (χ0v) is 20.0. The van der Waals surface area contributed by atoms with Crippen LogP contribution in [0.5, 0.6) is 0 Å². The topological polar surface area (TPSA) is 78.7 Å². The first kappa shape index (κ1) is 24.9. The maximum atomic E-state index is 12.9. The summed E-state index contributed by atoms with van der Waals surface area (Å²) in [7, 11) is 0. The molecule has 0 spiro atoms. The van der Waals surface area contributed by atoms with Crippen molar-refractivity contribution in [2.24, 2.45) is 17.6 Å². The van der Waals surface area contributed by atoms with Crippen molar-refractivity contribution < 1.29 is 22.8 Å². The number of likely N-dealkylation sites (tertiary alicyclic amines) is 1. The monoisotopic (exact) mass is 488 g/mol. The van der Waals surface area contributed by atoms with Gasteiger partial charge in [0.15, 0.2) is 0 Å². The number of hydrogen-bond acceptors (Lipinski definition) is 4. The van der Waals surface area contributed by atoms with E-state index >= 15 is 0 Å². The number of nitrogens with two attached hydrogens (primary N) is 1. The molecule has 2 heterocycles. The fourth-order valence-corrected chi connectivity index (χ4v) is 4.88. The number of hydrogen-bond donors (Lipinski definition) is 2. The van der Waals surface area contributed by atoms with E-state index < -0.39 is 23.9 Å². The van der Waals surface area contributed by atoms with Crippen LogP contribution >= 0.6 is 0 Å². The number of anilines is 3. The summed E-state index contributed by atoms with van der Waals surface area (Å²) < 4.78 is 38.8. The smallest absolute Gasteiger partial charge is 0.372 e. The molecule has 0 aromatic heterocycles. The summed E-state index contributed by atoms with van der Waals surface area (Å²) in [4.78, 5) is 27.4. The third-order valence-corrected chi connectivity index (χ3v) is 7.13. The van der Waals surface area contributed by atoms with Crippen LogP contribution in [0, 0.1) is 25.7 Å². The van der Waals surface area contributed by atoms with E-state index in [1.807, 2.05) is 55.1 Å². The molecular formula is C26H31F3N4O2. The lowest BCUT2D eigenvalue weighted by atomic mass is 9.96. The lowest BCUT2D eigenvalue weighted by Gasteiger charge is -2.34. The van der Waals surface area contributed by atoms with Gasteiger partial charge in [0.2, 0.25) is 11.8 Å². The largest absolute Gasteiger partial charge is 0.391 e. The second kappa shape index (κ2) is 9.79. The summed E-state index contributed by atoms with van der Waals surface area (Å²) in [6.07, 6.45) is -3.69. The number of nitrogens with zero attached hydrogens (tertiary/aromatic N) is 2. The van der Waals surface area contributed by atoms with E-state index in [9.17, 15) is 22.8 Å². The van der Waals surface area contributed by atoms with Crippen molar-refractivity contribution in [2.45, 2.75) is 45.8 Å². The van der Waals surface area contributed by atoms with Crippen molar-refractivity contribution in [2.75, 3.05) is 29.9 Å². The number of benzene rings is 2. The molecule has 1 unspecified atom stereocenters. The number of nitrogens with one attached hydrogen (secondary N) is 1. The average molecular weight is 489 g/mol. The fourth-order valence-electron chi connectivity index (χ4n) is 4.88. The van der Waals surface area contributed by atoms with Gasteiger partial charge in [0.05, 0.1) is 11.8 Å². The summed E-state index contributed by atoms with van der Waals surface area (Å²) in [6.45, 7) is 5.57. The highest BCUT2D eigenvalue weighted by molar-refractivity contribution is 5.88. The van der Waals surface area contributed by atoms with Crippen LogP contribution in [-0.2, 0) is 16.1 Å². The van der Waals surface area contributed by atoms with Crippen LogP contribution in [0.3, 0.4) is 0 Å². The van der Waals surface area contributed by atoms with Crippen molar-refractivity contribution in [1.82, 2.24) is 4.90 Å². The zero-order chi connectivity index (χ0) is 25.3. The summed E-state index contributed by atoms with van der Waals surface area (Å²) in [6, 6.07) is 11.8. The van der Waals surface area contributed by atoms with E-state index in [2.05, 4.69) is 5.32 Å². The standard InChI is InChI=1S/C26H31F3N4O2/c1-16-12-23(17(2)11-18(16)14-33-15-19(25(30)35)13-24(33)34)31-21-3-5-22(6-4-21)32-9-7-20(8-10-32)26(27,28)29/h3-6,11-12,19-20,31H,7-10,13-15H2,1-2H3,(H2,30,35). The molecule has 6 nitrogen and oxygen atoms in total. The highest BCUT2D eigenvalue weighted by Gasteiger charge is 2.41. The molecule has 0 saturated carbocycles. The van der Waals surface area contributed by atoms with Crippen molar-refractivity contribution in [3.63, 3.8) is 0 Å². The molecule has 2 aliphatic rings. The Morgan fingerprint density at radius 2 is 1.74 bits per heavy atom. The van der Waals surface area contributed by atoms with E-state index in [-0.39, 0.29) is 25.2 Å². The molecule has 0 aliphatic carbocycles. The van der Waals surface area contributed by atoms with Gasteiger partial charge in [0.1, 0.15) is 0 Å². The molecular weight excluding hydrogens is 457 g/mol. The van der Waals surface area contributed by atoms with E-state index in [0.717, 1.165) is 33.8 Å². The Morgan fingerprint density at radius 3 is 2.31 bits per heavy atom. The van der Waals surface area contributed by atoms with Gasteiger partial charge in [-0.05, 0) is 73.7 Å². The molecule has 3 N–H and O–H groups in total. The maximum Gasteiger partial charge on any atom is 0.391 e. The van der Waals surface area contributed by atoms with Crippen molar-refractivity contribution in [1.29, 1.82) is 0 Å². The molecule has 4 rings (SSSR count). The minimum Gasteiger partial charge on any atom is -0.372 e. The zero-order valence-electron chi connectivity index (χ0n) is 20.0. The molecule has 2 aromatic carbocycles. The number of amides is 2. The van der Waals surface area contributed by atoms with Gasteiger partial charge in [-0.15, -0.1) is 0 Å². The molecule has 2 saturated heterocycles. The first-order valence-electron chi connectivity index (χ1n) is 11.9. The van der Waals surface area contributed by atoms with Gasteiger partial charge in [0.25, 0.3) is 0 Å². The van der Waals surface area contributed by atoms with Crippen LogP contribution in [0.4, 0.5) is 30.2 Å². The molecule has 35 heavy (non-hydrogen) atoms. The number of carbonyl (C=O) groups excluding carboxylic acids is 2. The lowest BCUT2D eigenvalue weighted by molar-refractivity contribution is -0.179. The third kappa shape index (κ3) is 5.71. The van der Waals surface area contributed by atoms with Crippen LogP contribution < -0.4 is 16.0 Å². The molecule has 188 valence electrons. The second-order valence-electron chi connectivity index (χ2n) is 9.65. The Bertz CT molecular complexity index is 1090. The molecule has 1 atom stereocenters. The third-order valence-electron chi connectivity index (χ3n) is 7.13. The number of piperidine rings is 1. The molecule has 9 heteroatoms. The number of aryl methyl sites for hydroxylation is 2. The highest BCUT2D eigenvalue weighted by atomic mass is 19.4. The Labute approximate surface area is 203 Å². The second-order valence-corrected chi connectivity index (χ2v) is 9.65. The SMILES string of the molecule is Cc1cc(Nc2ccc(N3CCC(C(F)(F)F)CC3)cc2)c(C)cc1CN1CC(C(N)=O)CC1=O. The summed E-state index contributed by atoms with van der Waals surface area (Å²) in [5.74, 6) is -2.13. The van der Waals surface area contributed by atoms with Gasteiger partial charge in [-0.25, -0.2) is 0 Å².